The van der Waals surface area contributed by atoms with Gasteiger partial charge in [0.2, 0.25) is 0 Å². The Kier molecular flexibility index (Phi) is 2.95. The summed E-state index contributed by atoms with van der Waals surface area (Å²) in [6, 6.07) is 11.7. The Labute approximate surface area is 116 Å². The fraction of sp³-hybridized carbons (Fsp3) is 0.133. The minimum Gasteiger partial charge on any atom is -0.494 e. The Balaban J connectivity index is 1.96. The molecule has 5 nitrogen and oxygen atoms in total. The highest BCUT2D eigenvalue weighted by molar-refractivity contribution is 5.76. The lowest BCUT2D eigenvalue weighted by atomic mass is 10.2. The number of aromatic nitrogens is 1. The maximum atomic E-state index is 5.73. The van der Waals surface area contributed by atoms with E-state index < -0.39 is 0 Å². The Bertz CT molecular complexity index is 765. The summed E-state index contributed by atoms with van der Waals surface area (Å²) < 4.78 is 11.0. The number of nitrogens with zero attached hydrogens (tertiary/aromatic N) is 1. The Hall–Kier alpha value is -2.69. The molecular formula is C15H15N3O2. The highest BCUT2D eigenvalue weighted by Gasteiger charge is 2.09. The molecule has 0 bridgehead atoms. The van der Waals surface area contributed by atoms with Crippen LogP contribution in [0.15, 0.2) is 40.8 Å². The first-order valence-corrected chi connectivity index (χ1v) is 6.23. The Morgan fingerprint density at radius 1 is 1.20 bits per heavy atom. The van der Waals surface area contributed by atoms with Crippen molar-refractivity contribution in [1.29, 1.82) is 0 Å². The van der Waals surface area contributed by atoms with Gasteiger partial charge in [-0.3, -0.25) is 0 Å². The smallest absolute Gasteiger partial charge is 0.300 e. The van der Waals surface area contributed by atoms with Crippen molar-refractivity contribution in [2.24, 2.45) is 0 Å². The van der Waals surface area contributed by atoms with E-state index >= 15 is 0 Å². The van der Waals surface area contributed by atoms with Crippen molar-refractivity contribution in [2.75, 3.05) is 18.2 Å². The number of hydrogen-bond acceptors (Lipinski definition) is 5. The molecule has 0 saturated carbocycles. The maximum Gasteiger partial charge on any atom is 0.300 e. The van der Waals surface area contributed by atoms with Crippen LogP contribution in [-0.2, 0) is 0 Å². The first kappa shape index (κ1) is 12.3. The molecule has 0 aliphatic rings. The largest absolute Gasteiger partial charge is 0.494 e. The molecule has 0 spiro atoms. The lowest BCUT2D eigenvalue weighted by molar-refractivity contribution is 0.417. The highest BCUT2D eigenvalue weighted by Crippen LogP contribution is 2.30. The molecule has 5 heteroatoms. The summed E-state index contributed by atoms with van der Waals surface area (Å²) in [7, 11) is 1.59. The maximum absolute atomic E-state index is 5.73. The van der Waals surface area contributed by atoms with E-state index in [9.17, 15) is 0 Å². The van der Waals surface area contributed by atoms with Crippen LogP contribution in [0, 0.1) is 6.92 Å². The van der Waals surface area contributed by atoms with E-state index in [1.54, 1.807) is 19.2 Å². The average molecular weight is 269 g/mol. The van der Waals surface area contributed by atoms with Gasteiger partial charge in [0, 0.05) is 11.8 Å². The molecule has 3 rings (SSSR count). The molecular weight excluding hydrogens is 254 g/mol. The van der Waals surface area contributed by atoms with Crippen LogP contribution in [0.25, 0.3) is 11.1 Å². The second-order valence-electron chi connectivity index (χ2n) is 4.57. The molecule has 0 aliphatic carbocycles. The molecule has 3 N–H and O–H groups in total. The van der Waals surface area contributed by atoms with Crippen LogP contribution >= 0.6 is 0 Å². The second-order valence-corrected chi connectivity index (χ2v) is 4.57. The van der Waals surface area contributed by atoms with Crippen molar-refractivity contribution in [3.63, 3.8) is 0 Å². The van der Waals surface area contributed by atoms with Crippen LogP contribution in [0.3, 0.4) is 0 Å². The van der Waals surface area contributed by atoms with Crippen LogP contribution in [-0.4, -0.2) is 12.1 Å². The normalized spacial score (nSPS) is 10.7. The van der Waals surface area contributed by atoms with Crippen molar-refractivity contribution in [3.8, 4) is 5.75 Å². The molecule has 0 radical (unpaired) electrons. The van der Waals surface area contributed by atoms with E-state index in [1.807, 2.05) is 31.2 Å². The summed E-state index contributed by atoms with van der Waals surface area (Å²) in [6.07, 6.45) is 0. The zero-order valence-corrected chi connectivity index (χ0v) is 11.3. The lowest BCUT2D eigenvalue weighted by Gasteiger charge is -2.08. The van der Waals surface area contributed by atoms with Crippen LogP contribution < -0.4 is 15.8 Å². The van der Waals surface area contributed by atoms with Gasteiger partial charge in [-0.15, -0.1) is 0 Å². The summed E-state index contributed by atoms with van der Waals surface area (Å²) in [5.41, 5.74) is 9.82. The van der Waals surface area contributed by atoms with E-state index in [-0.39, 0.29) is 0 Å². The Morgan fingerprint density at radius 2 is 2.05 bits per heavy atom. The molecule has 0 aliphatic heterocycles. The van der Waals surface area contributed by atoms with E-state index in [2.05, 4.69) is 10.3 Å². The molecule has 1 aromatic heterocycles. The summed E-state index contributed by atoms with van der Waals surface area (Å²) in [5.74, 6) is 0.642. The average Bonchev–Trinajstić information content (AvgIpc) is 2.82. The van der Waals surface area contributed by atoms with Gasteiger partial charge in [-0.2, -0.15) is 4.98 Å². The molecule has 3 aromatic rings. The van der Waals surface area contributed by atoms with Gasteiger partial charge in [-0.1, -0.05) is 6.07 Å². The van der Waals surface area contributed by atoms with Gasteiger partial charge in [0.05, 0.1) is 12.8 Å². The number of fused-ring (bicyclic) bond motifs is 1. The topological polar surface area (TPSA) is 73.3 Å². The van der Waals surface area contributed by atoms with Crippen LogP contribution in [0.1, 0.15) is 5.56 Å². The number of anilines is 3. The molecule has 102 valence electrons. The predicted molar refractivity (Wildman–Crippen MR) is 79.4 cm³/mol. The van der Waals surface area contributed by atoms with Crippen molar-refractivity contribution >= 4 is 28.5 Å². The van der Waals surface area contributed by atoms with Gasteiger partial charge in [0.1, 0.15) is 11.3 Å². The number of hydrogen-bond donors (Lipinski definition) is 2. The van der Waals surface area contributed by atoms with E-state index in [4.69, 9.17) is 14.9 Å². The summed E-state index contributed by atoms with van der Waals surface area (Å²) in [4.78, 5) is 4.38. The molecule has 0 saturated heterocycles. The Morgan fingerprint density at radius 3 is 2.85 bits per heavy atom. The molecule has 0 unspecified atom stereocenters. The predicted octanol–water partition coefficient (Wildman–Crippen LogP) is 3.47. The number of nitrogens with two attached hydrogens (primary N) is 1. The fourth-order valence-electron chi connectivity index (χ4n) is 2.01. The van der Waals surface area contributed by atoms with Crippen molar-refractivity contribution < 1.29 is 9.15 Å². The number of nitrogen functional groups attached to an aromatic ring is 1. The zero-order chi connectivity index (χ0) is 14.1. The van der Waals surface area contributed by atoms with Gasteiger partial charge in [-0.25, -0.2) is 0 Å². The fourth-order valence-corrected chi connectivity index (χ4v) is 2.01. The van der Waals surface area contributed by atoms with Gasteiger partial charge in [-0.05, 0) is 36.8 Å². The molecule has 0 atom stereocenters. The third kappa shape index (κ3) is 2.25. The second kappa shape index (κ2) is 4.77. The van der Waals surface area contributed by atoms with Crippen molar-refractivity contribution in [2.45, 2.75) is 6.92 Å². The molecule has 0 amide bonds. The molecule has 0 fully saturated rings. The van der Waals surface area contributed by atoms with Gasteiger partial charge in [0.15, 0.2) is 5.58 Å². The minimum absolute atomic E-state index is 0.425. The number of oxazole rings is 1. The van der Waals surface area contributed by atoms with Gasteiger partial charge >= 0.3 is 0 Å². The number of ether oxygens (including phenoxy) is 1. The number of rotatable bonds is 3. The number of methoxy groups -OCH3 is 1. The highest BCUT2D eigenvalue weighted by atomic mass is 16.5. The number of nitrogens with one attached hydrogen (secondary N) is 1. The minimum atomic E-state index is 0.425. The van der Waals surface area contributed by atoms with Gasteiger partial charge < -0.3 is 20.2 Å². The standard InChI is InChI=1S/C15H15N3O2/c1-9-3-5-12-14(7-9)20-15(18-12)17-11-6-4-10(16)8-13(11)19-2/h3-8H,16H2,1-2H3,(H,17,18). The number of benzene rings is 2. The van der Waals surface area contributed by atoms with E-state index in [0.29, 0.717) is 17.5 Å². The summed E-state index contributed by atoms with van der Waals surface area (Å²) >= 11 is 0. The quantitative estimate of drug-likeness (QED) is 0.712. The third-order valence-corrected chi connectivity index (χ3v) is 3.01. The molecule has 2 aromatic carbocycles. The first-order valence-electron chi connectivity index (χ1n) is 6.23. The number of aryl methyl sites for hydroxylation is 1. The first-order chi connectivity index (χ1) is 9.65. The van der Waals surface area contributed by atoms with Crippen molar-refractivity contribution in [3.05, 3.63) is 42.0 Å². The summed E-state index contributed by atoms with van der Waals surface area (Å²) in [5, 5.41) is 3.10. The zero-order valence-electron chi connectivity index (χ0n) is 11.3. The summed E-state index contributed by atoms with van der Waals surface area (Å²) in [6.45, 7) is 2.01. The monoisotopic (exact) mass is 269 g/mol. The van der Waals surface area contributed by atoms with E-state index in [0.717, 1.165) is 22.4 Å². The van der Waals surface area contributed by atoms with Crippen molar-refractivity contribution in [1.82, 2.24) is 4.98 Å². The van der Waals surface area contributed by atoms with Gasteiger partial charge in [0.25, 0.3) is 6.01 Å². The molecule has 20 heavy (non-hydrogen) atoms. The van der Waals surface area contributed by atoms with Crippen LogP contribution in [0.2, 0.25) is 0 Å². The third-order valence-electron chi connectivity index (χ3n) is 3.01. The van der Waals surface area contributed by atoms with Crippen LogP contribution in [0.4, 0.5) is 17.4 Å². The van der Waals surface area contributed by atoms with E-state index in [1.165, 1.54) is 0 Å². The lowest BCUT2D eigenvalue weighted by Crippen LogP contribution is -1.96. The molecule has 1 heterocycles. The van der Waals surface area contributed by atoms with Crippen LogP contribution in [0.5, 0.6) is 5.75 Å². The SMILES string of the molecule is COc1cc(N)ccc1Nc1nc2ccc(C)cc2o1.